The minimum Gasteiger partial charge on any atom is -0.457 e. The Morgan fingerprint density at radius 1 is 1.06 bits per heavy atom. The number of hydrogen-bond acceptors (Lipinski definition) is 4. The molecule has 0 saturated carbocycles. The first-order valence-corrected chi connectivity index (χ1v) is 10.8. The average Bonchev–Trinajstić information content (AvgIpc) is 3.29. The number of benzene rings is 3. The van der Waals surface area contributed by atoms with Crippen LogP contribution in [0.4, 0.5) is 15.8 Å². The lowest BCUT2D eigenvalue weighted by Crippen LogP contribution is -2.22. The molecule has 32 heavy (non-hydrogen) atoms. The molecule has 5 nitrogen and oxygen atoms in total. The molecule has 1 amide bonds. The van der Waals surface area contributed by atoms with Crippen LogP contribution >= 0.6 is 0 Å². The Morgan fingerprint density at radius 2 is 1.84 bits per heavy atom. The lowest BCUT2D eigenvalue weighted by atomic mass is 10.1. The zero-order valence-corrected chi connectivity index (χ0v) is 18.1. The number of amides is 1. The van der Waals surface area contributed by atoms with Gasteiger partial charge in [0.15, 0.2) is 0 Å². The van der Waals surface area contributed by atoms with Crippen LogP contribution < -0.4 is 15.0 Å². The van der Waals surface area contributed by atoms with Crippen molar-refractivity contribution >= 4 is 17.3 Å². The number of nitrogens with zero attached hydrogens (tertiary/aromatic N) is 1. The number of carbonyl (C=O) groups excluding carboxylic acids is 1. The van der Waals surface area contributed by atoms with E-state index in [9.17, 15) is 9.18 Å². The molecule has 3 aromatic rings. The fourth-order valence-electron chi connectivity index (χ4n) is 3.80. The predicted octanol–water partition coefficient (Wildman–Crippen LogP) is 5.41. The average molecular weight is 435 g/mol. The number of anilines is 2. The molecule has 0 aromatic heterocycles. The number of methoxy groups -OCH3 is 1. The van der Waals surface area contributed by atoms with Crippen LogP contribution in [0.5, 0.6) is 11.5 Å². The monoisotopic (exact) mass is 434 g/mol. The standard InChI is InChI=1S/C26H27FN2O3/c1-31-25-15-16-29(18-25)22-10-8-21(9-11-22)28-26(30)14-5-19-3-2-4-24(17-19)32-23-12-6-20(27)7-13-23/h2-4,6-13,17,25H,5,14-16,18H2,1H3,(H,28,30). The number of aryl methyl sites for hydroxylation is 1. The van der Waals surface area contributed by atoms with Crippen LogP contribution in [-0.2, 0) is 16.0 Å². The van der Waals surface area contributed by atoms with Crippen LogP contribution in [0.15, 0.2) is 72.8 Å². The van der Waals surface area contributed by atoms with Crippen molar-refractivity contribution in [2.24, 2.45) is 0 Å². The first-order valence-electron chi connectivity index (χ1n) is 10.8. The highest BCUT2D eigenvalue weighted by Gasteiger charge is 2.22. The van der Waals surface area contributed by atoms with E-state index in [-0.39, 0.29) is 17.8 Å². The number of rotatable bonds is 8. The van der Waals surface area contributed by atoms with Gasteiger partial charge >= 0.3 is 0 Å². The lowest BCUT2D eigenvalue weighted by Gasteiger charge is -2.18. The summed E-state index contributed by atoms with van der Waals surface area (Å²) in [5.74, 6) is 0.880. The number of ether oxygens (including phenoxy) is 2. The fourth-order valence-corrected chi connectivity index (χ4v) is 3.80. The molecular formula is C26H27FN2O3. The Labute approximate surface area is 187 Å². The van der Waals surface area contributed by atoms with Crippen molar-refractivity contribution in [3.63, 3.8) is 0 Å². The minimum atomic E-state index is -0.303. The molecule has 1 atom stereocenters. The molecule has 166 valence electrons. The molecule has 0 bridgehead atoms. The third-order valence-corrected chi connectivity index (χ3v) is 5.58. The molecule has 0 spiro atoms. The van der Waals surface area contributed by atoms with Crippen molar-refractivity contribution in [3.8, 4) is 11.5 Å². The first-order chi connectivity index (χ1) is 15.6. The van der Waals surface area contributed by atoms with E-state index < -0.39 is 0 Å². The summed E-state index contributed by atoms with van der Waals surface area (Å²) in [5, 5.41) is 2.96. The second-order valence-electron chi connectivity index (χ2n) is 7.89. The van der Waals surface area contributed by atoms with Gasteiger partial charge in [0, 0.05) is 38.0 Å². The number of halogens is 1. The molecule has 4 rings (SSSR count). The molecule has 6 heteroatoms. The van der Waals surface area contributed by atoms with Crippen molar-refractivity contribution in [1.82, 2.24) is 0 Å². The van der Waals surface area contributed by atoms with Crippen molar-refractivity contribution in [3.05, 3.63) is 84.2 Å². The second kappa shape index (κ2) is 10.3. The third kappa shape index (κ3) is 5.86. The Kier molecular flexibility index (Phi) is 7.02. The van der Waals surface area contributed by atoms with Crippen molar-refractivity contribution in [2.45, 2.75) is 25.4 Å². The zero-order chi connectivity index (χ0) is 22.3. The Hall–Kier alpha value is -3.38. The largest absolute Gasteiger partial charge is 0.457 e. The van der Waals surface area contributed by atoms with E-state index in [1.807, 2.05) is 48.5 Å². The molecular weight excluding hydrogens is 407 g/mol. The van der Waals surface area contributed by atoms with Gasteiger partial charge in [-0.1, -0.05) is 12.1 Å². The van der Waals surface area contributed by atoms with Gasteiger partial charge in [0.05, 0.1) is 6.10 Å². The van der Waals surface area contributed by atoms with E-state index in [4.69, 9.17) is 9.47 Å². The maximum Gasteiger partial charge on any atom is 0.224 e. The number of carbonyl (C=O) groups is 1. The SMILES string of the molecule is COC1CCN(c2ccc(NC(=O)CCc3cccc(Oc4ccc(F)cc4)c3)cc2)C1. The summed E-state index contributed by atoms with van der Waals surface area (Å²) in [4.78, 5) is 14.7. The minimum absolute atomic E-state index is 0.0387. The highest BCUT2D eigenvalue weighted by Crippen LogP contribution is 2.24. The van der Waals surface area contributed by atoms with Gasteiger partial charge < -0.3 is 19.7 Å². The van der Waals surface area contributed by atoms with Crippen LogP contribution in [0.3, 0.4) is 0 Å². The summed E-state index contributed by atoms with van der Waals surface area (Å²) in [5.41, 5.74) is 2.92. The van der Waals surface area contributed by atoms with Crippen molar-refractivity contribution in [1.29, 1.82) is 0 Å². The third-order valence-electron chi connectivity index (χ3n) is 5.58. The molecule has 1 heterocycles. The molecule has 0 radical (unpaired) electrons. The lowest BCUT2D eigenvalue weighted by molar-refractivity contribution is -0.116. The van der Waals surface area contributed by atoms with Crippen molar-refractivity contribution < 1.29 is 18.7 Å². The number of hydrogen-bond donors (Lipinski definition) is 1. The van der Waals surface area contributed by atoms with Gasteiger partial charge in [-0.25, -0.2) is 4.39 Å². The Bertz CT molecular complexity index is 1040. The van der Waals surface area contributed by atoms with E-state index >= 15 is 0 Å². The summed E-state index contributed by atoms with van der Waals surface area (Å²) in [6, 6.07) is 21.4. The highest BCUT2D eigenvalue weighted by molar-refractivity contribution is 5.91. The van der Waals surface area contributed by atoms with E-state index in [1.54, 1.807) is 19.2 Å². The zero-order valence-electron chi connectivity index (χ0n) is 18.1. The maximum atomic E-state index is 13.0. The van der Waals surface area contributed by atoms with Gasteiger partial charge in [0.1, 0.15) is 17.3 Å². The Morgan fingerprint density at radius 3 is 2.56 bits per heavy atom. The molecule has 1 fully saturated rings. The van der Waals surface area contributed by atoms with Crippen LogP contribution in [0.1, 0.15) is 18.4 Å². The fraction of sp³-hybridized carbons (Fsp3) is 0.269. The van der Waals surface area contributed by atoms with Crippen molar-refractivity contribution in [2.75, 3.05) is 30.4 Å². The molecule has 1 saturated heterocycles. The normalized spacial score (nSPS) is 15.6. The molecule has 1 aliphatic rings. The van der Waals surface area contributed by atoms with Crippen LogP contribution in [-0.4, -0.2) is 32.2 Å². The first kappa shape index (κ1) is 21.8. The second-order valence-corrected chi connectivity index (χ2v) is 7.89. The van der Waals surface area contributed by atoms with E-state index in [2.05, 4.69) is 10.2 Å². The summed E-state index contributed by atoms with van der Waals surface area (Å²) in [6.07, 6.45) is 2.28. The topological polar surface area (TPSA) is 50.8 Å². The molecule has 1 aliphatic heterocycles. The quantitative estimate of drug-likeness (QED) is 0.515. The van der Waals surface area contributed by atoms with Gasteiger partial charge in [-0.2, -0.15) is 0 Å². The molecule has 1 N–H and O–H groups in total. The number of nitrogens with one attached hydrogen (secondary N) is 1. The van der Waals surface area contributed by atoms with Gasteiger partial charge in [-0.3, -0.25) is 4.79 Å². The maximum absolute atomic E-state index is 13.0. The van der Waals surface area contributed by atoms with Crippen LogP contribution in [0.2, 0.25) is 0 Å². The van der Waals surface area contributed by atoms with Gasteiger partial charge in [0.25, 0.3) is 0 Å². The molecule has 1 unspecified atom stereocenters. The van der Waals surface area contributed by atoms with E-state index in [0.717, 1.165) is 36.4 Å². The van der Waals surface area contributed by atoms with Gasteiger partial charge in [-0.15, -0.1) is 0 Å². The van der Waals surface area contributed by atoms with E-state index in [0.29, 0.717) is 24.3 Å². The van der Waals surface area contributed by atoms with E-state index in [1.165, 1.54) is 12.1 Å². The van der Waals surface area contributed by atoms with Crippen LogP contribution in [0.25, 0.3) is 0 Å². The molecule has 0 aliphatic carbocycles. The van der Waals surface area contributed by atoms with Gasteiger partial charge in [0.2, 0.25) is 5.91 Å². The smallest absolute Gasteiger partial charge is 0.224 e. The summed E-state index contributed by atoms with van der Waals surface area (Å²) in [6.45, 7) is 1.88. The van der Waals surface area contributed by atoms with Crippen LogP contribution in [0, 0.1) is 5.82 Å². The summed E-state index contributed by atoms with van der Waals surface area (Å²) < 4.78 is 24.2. The highest BCUT2D eigenvalue weighted by atomic mass is 19.1. The molecule has 3 aromatic carbocycles. The summed E-state index contributed by atoms with van der Waals surface area (Å²) in [7, 11) is 1.75. The predicted molar refractivity (Wildman–Crippen MR) is 124 cm³/mol. The van der Waals surface area contributed by atoms with Gasteiger partial charge in [-0.05, 0) is 79.1 Å². The Balaban J connectivity index is 1.27. The summed E-state index contributed by atoms with van der Waals surface area (Å²) >= 11 is 0.